The highest BCUT2D eigenvalue weighted by molar-refractivity contribution is 6.33. The van der Waals surface area contributed by atoms with Crippen molar-refractivity contribution in [1.82, 2.24) is 14.7 Å². The van der Waals surface area contributed by atoms with Crippen LogP contribution in [-0.2, 0) is 4.79 Å². The summed E-state index contributed by atoms with van der Waals surface area (Å²) < 4.78 is 12.7. The van der Waals surface area contributed by atoms with E-state index in [1.807, 2.05) is 41.3 Å². The van der Waals surface area contributed by atoms with Crippen molar-refractivity contribution in [2.45, 2.75) is 6.42 Å². The van der Waals surface area contributed by atoms with E-state index in [9.17, 15) is 9.59 Å². The number of carbonyl (C=O) groups excluding carboxylic acids is 1. The summed E-state index contributed by atoms with van der Waals surface area (Å²) in [6.07, 6.45) is 5.81. The maximum atomic E-state index is 12.8. The molecule has 3 aromatic rings. The number of para-hydroxylation sites is 1. The van der Waals surface area contributed by atoms with E-state index in [2.05, 4.69) is 5.10 Å². The Kier molecular flexibility index (Phi) is 6.72. The summed E-state index contributed by atoms with van der Waals surface area (Å²) in [5, 5.41) is 4.43. The molecule has 1 amide bonds. The SMILES string of the molecule is O=C(/C=C/c1ccc2c(c1)OCCCO2)N1CCN(c2cnn(-c3ccccc3)c(=O)c2Cl)CC1. The van der Waals surface area contributed by atoms with Crippen LogP contribution >= 0.6 is 11.6 Å². The van der Waals surface area contributed by atoms with Crippen molar-refractivity contribution in [3.63, 3.8) is 0 Å². The molecular weight excluding hydrogens is 468 g/mol. The first-order valence-electron chi connectivity index (χ1n) is 11.5. The molecule has 0 radical (unpaired) electrons. The van der Waals surface area contributed by atoms with Crippen LogP contribution in [0.15, 0.2) is 65.6 Å². The van der Waals surface area contributed by atoms with Gasteiger partial charge in [-0.05, 0) is 35.9 Å². The Labute approximate surface area is 207 Å². The standard InChI is InChI=1S/C26H25ClN4O4/c27-25-21(18-28-31(26(25)33)20-5-2-1-3-6-20)29-11-13-30(14-12-29)24(32)10-8-19-7-9-22-23(17-19)35-16-4-15-34-22/h1-3,5-10,17-18H,4,11-16H2/b10-8+. The topological polar surface area (TPSA) is 76.9 Å². The normalized spacial score (nSPS) is 15.8. The molecule has 2 aromatic carbocycles. The van der Waals surface area contributed by atoms with E-state index < -0.39 is 0 Å². The van der Waals surface area contributed by atoms with Crippen molar-refractivity contribution < 1.29 is 14.3 Å². The van der Waals surface area contributed by atoms with E-state index in [-0.39, 0.29) is 16.5 Å². The molecule has 35 heavy (non-hydrogen) atoms. The second kappa shape index (κ2) is 10.2. The van der Waals surface area contributed by atoms with E-state index in [4.69, 9.17) is 21.1 Å². The number of piperazine rings is 1. The minimum Gasteiger partial charge on any atom is -0.490 e. The lowest BCUT2D eigenvalue weighted by atomic mass is 10.2. The van der Waals surface area contributed by atoms with Gasteiger partial charge in [0.15, 0.2) is 11.5 Å². The van der Waals surface area contributed by atoms with Crippen LogP contribution in [0.4, 0.5) is 5.69 Å². The van der Waals surface area contributed by atoms with Crippen LogP contribution in [0.5, 0.6) is 11.5 Å². The summed E-state index contributed by atoms with van der Waals surface area (Å²) in [5.74, 6) is 1.36. The van der Waals surface area contributed by atoms with Crippen LogP contribution in [0.25, 0.3) is 11.8 Å². The third-order valence-corrected chi connectivity index (χ3v) is 6.38. The molecule has 1 fully saturated rings. The first-order chi connectivity index (χ1) is 17.1. The van der Waals surface area contributed by atoms with Gasteiger partial charge in [-0.25, -0.2) is 0 Å². The smallest absolute Gasteiger partial charge is 0.292 e. The van der Waals surface area contributed by atoms with Gasteiger partial charge >= 0.3 is 0 Å². The first kappa shape index (κ1) is 23.0. The molecule has 0 unspecified atom stereocenters. The molecule has 0 N–H and O–H groups in total. The molecule has 0 atom stereocenters. The minimum atomic E-state index is -0.369. The Morgan fingerprint density at radius 2 is 1.71 bits per heavy atom. The number of benzene rings is 2. The monoisotopic (exact) mass is 492 g/mol. The number of aromatic nitrogens is 2. The van der Waals surface area contributed by atoms with Crippen LogP contribution in [-0.4, -0.2) is 60.0 Å². The van der Waals surface area contributed by atoms with E-state index in [1.165, 1.54) is 4.68 Å². The van der Waals surface area contributed by atoms with Crippen molar-refractivity contribution in [2.24, 2.45) is 0 Å². The number of anilines is 1. The summed E-state index contributed by atoms with van der Waals surface area (Å²) >= 11 is 6.43. The summed E-state index contributed by atoms with van der Waals surface area (Å²) in [7, 11) is 0. The zero-order valence-electron chi connectivity index (χ0n) is 19.1. The van der Waals surface area contributed by atoms with Gasteiger partial charge in [0.1, 0.15) is 5.02 Å². The van der Waals surface area contributed by atoms with Crippen LogP contribution in [0, 0.1) is 0 Å². The second-order valence-electron chi connectivity index (χ2n) is 8.30. The van der Waals surface area contributed by atoms with Crippen molar-refractivity contribution in [1.29, 1.82) is 0 Å². The van der Waals surface area contributed by atoms with Crippen molar-refractivity contribution >= 4 is 29.3 Å². The van der Waals surface area contributed by atoms with Gasteiger partial charge in [0.25, 0.3) is 5.56 Å². The molecule has 9 heteroatoms. The number of nitrogens with zero attached hydrogens (tertiary/aromatic N) is 4. The Morgan fingerprint density at radius 3 is 2.49 bits per heavy atom. The van der Waals surface area contributed by atoms with Crippen LogP contribution in [0.1, 0.15) is 12.0 Å². The highest BCUT2D eigenvalue weighted by atomic mass is 35.5. The lowest BCUT2D eigenvalue weighted by Gasteiger charge is -2.35. The molecule has 8 nitrogen and oxygen atoms in total. The molecule has 0 bridgehead atoms. The predicted octanol–water partition coefficient (Wildman–Crippen LogP) is 3.41. The number of halogens is 1. The van der Waals surface area contributed by atoms with Crippen molar-refractivity contribution in [3.8, 4) is 17.2 Å². The molecule has 2 aliphatic heterocycles. The number of fused-ring (bicyclic) bond motifs is 1. The number of carbonyl (C=O) groups is 1. The third kappa shape index (κ3) is 5.02. The fraction of sp³-hybridized carbons (Fsp3) is 0.269. The molecule has 180 valence electrons. The molecule has 5 rings (SSSR count). The van der Waals surface area contributed by atoms with Crippen LogP contribution < -0.4 is 19.9 Å². The molecule has 0 aliphatic carbocycles. The summed E-state index contributed by atoms with van der Waals surface area (Å²) in [5.41, 5.74) is 1.74. The van der Waals surface area contributed by atoms with E-state index >= 15 is 0 Å². The lowest BCUT2D eigenvalue weighted by molar-refractivity contribution is -0.126. The van der Waals surface area contributed by atoms with Gasteiger partial charge in [-0.1, -0.05) is 35.9 Å². The Bertz CT molecular complexity index is 1300. The zero-order chi connectivity index (χ0) is 24.2. The van der Waals surface area contributed by atoms with Gasteiger partial charge in [0.05, 0.1) is 30.8 Å². The van der Waals surface area contributed by atoms with E-state index in [1.54, 1.807) is 35.4 Å². The van der Waals surface area contributed by atoms with Gasteiger partial charge in [-0.15, -0.1) is 0 Å². The van der Waals surface area contributed by atoms with Gasteiger partial charge in [-0.2, -0.15) is 9.78 Å². The number of ether oxygens (including phenoxy) is 2. The summed E-state index contributed by atoms with van der Waals surface area (Å²) in [6.45, 7) is 3.40. The number of rotatable bonds is 4. The van der Waals surface area contributed by atoms with Gasteiger partial charge < -0.3 is 19.3 Å². The fourth-order valence-corrected chi connectivity index (χ4v) is 4.37. The summed E-state index contributed by atoms with van der Waals surface area (Å²) in [4.78, 5) is 29.3. The van der Waals surface area contributed by atoms with Crippen molar-refractivity contribution in [2.75, 3.05) is 44.3 Å². The average molecular weight is 493 g/mol. The third-order valence-electron chi connectivity index (χ3n) is 6.02. The Hall–Kier alpha value is -3.78. The molecule has 0 saturated carbocycles. The quantitative estimate of drug-likeness (QED) is 0.519. The maximum Gasteiger partial charge on any atom is 0.292 e. The van der Waals surface area contributed by atoms with Crippen LogP contribution in [0.3, 0.4) is 0 Å². The molecular formula is C26H25ClN4O4. The number of hydrogen-bond donors (Lipinski definition) is 0. The second-order valence-corrected chi connectivity index (χ2v) is 8.68. The first-order valence-corrected chi connectivity index (χ1v) is 11.9. The Morgan fingerprint density at radius 1 is 0.971 bits per heavy atom. The number of hydrogen-bond acceptors (Lipinski definition) is 6. The predicted molar refractivity (Wildman–Crippen MR) is 135 cm³/mol. The Balaban J connectivity index is 1.22. The molecule has 1 aromatic heterocycles. The molecule has 0 spiro atoms. The number of amides is 1. The zero-order valence-corrected chi connectivity index (χ0v) is 19.9. The van der Waals surface area contributed by atoms with Crippen LogP contribution in [0.2, 0.25) is 5.02 Å². The highest BCUT2D eigenvalue weighted by Crippen LogP contribution is 2.31. The molecule has 3 heterocycles. The maximum absolute atomic E-state index is 12.8. The summed E-state index contributed by atoms with van der Waals surface area (Å²) in [6, 6.07) is 14.8. The fourth-order valence-electron chi connectivity index (χ4n) is 4.12. The van der Waals surface area contributed by atoms with Gasteiger partial charge in [0.2, 0.25) is 5.91 Å². The van der Waals surface area contributed by atoms with Crippen molar-refractivity contribution in [3.05, 3.63) is 81.7 Å². The minimum absolute atomic E-state index is 0.0690. The molecule has 1 saturated heterocycles. The lowest BCUT2D eigenvalue weighted by Crippen LogP contribution is -2.48. The highest BCUT2D eigenvalue weighted by Gasteiger charge is 2.23. The van der Waals surface area contributed by atoms with E-state index in [0.717, 1.165) is 17.7 Å². The van der Waals surface area contributed by atoms with Gasteiger partial charge in [0, 0.05) is 38.7 Å². The van der Waals surface area contributed by atoms with Gasteiger partial charge in [-0.3, -0.25) is 9.59 Å². The largest absolute Gasteiger partial charge is 0.490 e. The average Bonchev–Trinajstić information content (AvgIpc) is 3.14. The molecule has 2 aliphatic rings. The van der Waals surface area contributed by atoms with E-state index in [0.29, 0.717) is 56.5 Å².